The number of imidazole rings is 1. The smallest absolute Gasteiger partial charge is 0.237 e. The molecule has 0 saturated heterocycles. The standard InChI is InChI=1S/C16H20N4O/c1-20-9-8-17-15(20)6-7-18-16(21)14-10-12-4-2-3-5-13(12)11-19-14/h2-5,8-9,14,19H,6-7,10-11H2,1H3,(H,18,21). The number of carbonyl (C=O) groups excluding carboxylic acids is 1. The molecule has 2 N–H and O–H groups in total. The van der Waals surface area contributed by atoms with Gasteiger partial charge in [-0.05, 0) is 17.5 Å². The third kappa shape index (κ3) is 3.13. The van der Waals surface area contributed by atoms with E-state index in [-0.39, 0.29) is 11.9 Å². The zero-order valence-electron chi connectivity index (χ0n) is 12.2. The highest BCUT2D eigenvalue weighted by Crippen LogP contribution is 2.16. The molecule has 0 radical (unpaired) electrons. The minimum atomic E-state index is -0.138. The van der Waals surface area contributed by atoms with Crippen LogP contribution in [-0.2, 0) is 31.2 Å². The molecule has 1 aliphatic heterocycles. The maximum absolute atomic E-state index is 12.2. The van der Waals surface area contributed by atoms with Crippen LogP contribution in [0.2, 0.25) is 0 Å². The van der Waals surface area contributed by atoms with Crippen molar-refractivity contribution in [2.75, 3.05) is 6.54 Å². The van der Waals surface area contributed by atoms with Crippen molar-refractivity contribution < 1.29 is 4.79 Å². The zero-order chi connectivity index (χ0) is 14.7. The van der Waals surface area contributed by atoms with E-state index in [0.717, 1.165) is 25.2 Å². The van der Waals surface area contributed by atoms with Gasteiger partial charge < -0.3 is 15.2 Å². The molecule has 1 atom stereocenters. The number of nitrogens with zero attached hydrogens (tertiary/aromatic N) is 2. The molecule has 0 spiro atoms. The van der Waals surface area contributed by atoms with E-state index in [0.29, 0.717) is 6.54 Å². The molecule has 3 rings (SSSR count). The molecule has 1 amide bonds. The monoisotopic (exact) mass is 284 g/mol. The van der Waals surface area contributed by atoms with Crippen molar-refractivity contribution in [2.45, 2.75) is 25.4 Å². The summed E-state index contributed by atoms with van der Waals surface area (Å²) < 4.78 is 1.97. The molecule has 0 aliphatic carbocycles. The number of hydrogen-bond donors (Lipinski definition) is 2. The first-order chi connectivity index (χ1) is 10.2. The van der Waals surface area contributed by atoms with Crippen LogP contribution < -0.4 is 10.6 Å². The van der Waals surface area contributed by atoms with Crippen molar-refractivity contribution in [3.8, 4) is 0 Å². The van der Waals surface area contributed by atoms with Crippen molar-refractivity contribution in [1.82, 2.24) is 20.2 Å². The Morgan fingerprint density at radius 3 is 3.00 bits per heavy atom. The molecule has 2 aromatic rings. The predicted octanol–water partition coefficient (Wildman–Crippen LogP) is 0.793. The van der Waals surface area contributed by atoms with Crippen molar-refractivity contribution in [2.24, 2.45) is 7.05 Å². The van der Waals surface area contributed by atoms with Crippen LogP contribution in [0.5, 0.6) is 0 Å². The summed E-state index contributed by atoms with van der Waals surface area (Å²) in [6.45, 7) is 1.37. The lowest BCUT2D eigenvalue weighted by atomic mass is 9.95. The van der Waals surface area contributed by atoms with E-state index in [1.54, 1.807) is 6.20 Å². The first-order valence-electron chi connectivity index (χ1n) is 7.28. The molecule has 21 heavy (non-hydrogen) atoms. The van der Waals surface area contributed by atoms with Crippen LogP contribution in [0.3, 0.4) is 0 Å². The minimum absolute atomic E-state index is 0.0683. The summed E-state index contributed by atoms with van der Waals surface area (Å²) in [4.78, 5) is 16.5. The molecule has 0 fully saturated rings. The first kappa shape index (κ1) is 13.8. The fourth-order valence-electron chi connectivity index (χ4n) is 2.70. The highest BCUT2D eigenvalue weighted by Gasteiger charge is 2.23. The number of fused-ring (bicyclic) bond motifs is 1. The van der Waals surface area contributed by atoms with Crippen molar-refractivity contribution in [1.29, 1.82) is 0 Å². The van der Waals surface area contributed by atoms with E-state index in [4.69, 9.17) is 0 Å². The van der Waals surface area contributed by atoms with Gasteiger partial charge in [-0.1, -0.05) is 24.3 Å². The molecule has 110 valence electrons. The summed E-state index contributed by atoms with van der Waals surface area (Å²) in [5.74, 6) is 1.05. The van der Waals surface area contributed by atoms with E-state index in [1.807, 2.05) is 29.9 Å². The molecule has 1 aromatic carbocycles. The van der Waals surface area contributed by atoms with Crippen LogP contribution in [0.15, 0.2) is 36.7 Å². The van der Waals surface area contributed by atoms with Gasteiger partial charge in [-0.25, -0.2) is 4.98 Å². The lowest BCUT2D eigenvalue weighted by Gasteiger charge is -2.25. The number of rotatable bonds is 4. The van der Waals surface area contributed by atoms with Crippen molar-refractivity contribution in [3.63, 3.8) is 0 Å². The van der Waals surface area contributed by atoms with E-state index < -0.39 is 0 Å². The number of benzene rings is 1. The van der Waals surface area contributed by atoms with Crippen LogP contribution in [-0.4, -0.2) is 28.0 Å². The molecule has 1 aliphatic rings. The molecular weight excluding hydrogens is 264 g/mol. The second-order valence-electron chi connectivity index (χ2n) is 5.40. The van der Waals surface area contributed by atoms with Gasteiger partial charge in [0.2, 0.25) is 5.91 Å². The Hall–Kier alpha value is -2.14. The van der Waals surface area contributed by atoms with Crippen LogP contribution in [0.4, 0.5) is 0 Å². The van der Waals surface area contributed by atoms with E-state index >= 15 is 0 Å². The number of amides is 1. The summed E-state index contributed by atoms with van der Waals surface area (Å²) >= 11 is 0. The lowest BCUT2D eigenvalue weighted by Crippen LogP contribution is -2.48. The molecular formula is C16H20N4O. The first-order valence-corrected chi connectivity index (χ1v) is 7.28. The van der Waals surface area contributed by atoms with E-state index in [2.05, 4.69) is 27.8 Å². The van der Waals surface area contributed by atoms with Crippen LogP contribution >= 0.6 is 0 Å². The van der Waals surface area contributed by atoms with Gasteiger partial charge in [0.05, 0.1) is 6.04 Å². The summed E-state index contributed by atoms with van der Waals surface area (Å²) in [5, 5.41) is 6.29. The predicted molar refractivity (Wildman–Crippen MR) is 80.7 cm³/mol. The van der Waals surface area contributed by atoms with Crippen molar-refractivity contribution in [3.05, 3.63) is 53.6 Å². The third-order valence-electron chi connectivity index (χ3n) is 3.97. The van der Waals surface area contributed by atoms with Crippen LogP contribution in [0.25, 0.3) is 0 Å². The average Bonchev–Trinajstić information content (AvgIpc) is 2.92. The Bertz CT molecular complexity index is 635. The highest BCUT2D eigenvalue weighted by atomic mass is 16.2. The van der Waals surface area contributed by atoms with Gasteiger partial charge in [-0.3, -0.25) is 4.79 Å². The average molecular weight is 284 g/mol. The van der Waals surface area contributed by atoms with Gasteiger partial charge in [-0.2, -0.15) is 0 Å². The van der Waals surface area contributed by atoms with Crippen LogP contribution in [0.1, 0.15) is 17.0 Å². The van der Waals surface area contributed by atoms with Gasteiger partial charge in [0, 0.05) is 39.0 Å². The molecule has 5 heteroatoms. The maximum Gasteiger partial charge on any atom is 0.237 e. The van der Waals surface area contributed by atoms with Gasteiger partial charge >= 0.3 is 0 Å². The Kier molecular flexibility index (Phi) is 4.01. The summed E-state index contributed by atoms with van der Waals surface area (Å²) in [6.07, 6.45) is 5.19. The zero-order valence-corrected chi connectivity index (χ0v) is 12.2. The van der Waals surface area contributed by atoms with Crippen molar-refractivity contribution >= 4 is 5.91 Å². The molecule has 0 bridgehead atoms. The second-order valence-corrected chi connectivity index (χ2v) is 5.40. The fraction of sp³-hybridized carbons (Fsp3) is 0.375. The second kappa shape index (κ2) is 6.10. The number of nitrogens with one attached hydrogen (secondary N) is 2. The Balaban J connectivity index is 1.52. The Morgan fingerprint density at radius 1 is 1.43 bits per heavy atom. The number of hydrogen-bond acceptors (Lipinski definition) is 3. The topological polar surface area (TPSA) is 59.0 Å². The molecule has 2 heterocycles. The van der Waals surface area contributed by atoms with E-state index in [1.165, 1.54) is 11.1 Å². The third-order valence-corrected chi connectivity index (χ3v) is 3.97. The highest BCUT2D eigenvalue weighted by molar-refractivity contribution is 5.82. The SMILES string of the molecule is Cn1ccnc1CCNC(=O)C1Cc2ccccc2CN1. The Labute approximate surface area is 124 Å². The summed E-state index contributed by atoms with van der Waals surface area (Å²) in [6, 6.07) is 8.14. The molecule has 5 nitrogen and oxygen atoms in total. The van der Waals surface area contributed by atoms with Gasteiger partial charge in [0.25, 0.3) is 0 Å². The minimum Gasteiger partial charge on any atom is -0.354 e. The molecule has 1 unspecified atom stereocenters. The fourth-order valence-corrected chi connectivity index (χ4v) is 2.70. The van der Waals surface area contributed by atoms with E-state index in [9.17, 15) is 4.79 Å². The summed E-state index contributed by atoms with van der Waals surface area (Å²) in [7, 11) is 1.96. The lowest BCUT2D eigenvalue weighted by molar-refractivity contribution is -0.123. The van der Waals surface area contributed by atoms with Gasteiger partial charge in [0.1, 0.15) is 5.82 Å². The largest absolute Gasteiger partial charge is 0.354 e. The Morgan fingerprint density at radius 2 is 2.24 bits per heavy atom. The normalized spacial score (nSPS) is 17.3. The molecule has 0 saturated carbocycles. The molecule has 1 aromatic heterocycles. The van der Waals surface area contributed by atoms with Gasteiger partial charge in [-0.15, -0.1) is 0 Å². The number of aryl methyl sites for hydroxylation is 1. The van der Waals surface area contributed by atoms with Gasteiger partial charge in [0.15, 0.2) is 0 Å². The quantitative estimate of drug-likeness (QED) is 0.873. The maximum atomic E-state index is 12.2. The number of aromatic nitrogens is 2. The summed E-state index contributed by atoms with van der Waals surface area (Å²) in [5.41, 5.74) is 2.55. The van der Waals surface area contributed by atoms with Crippen LogP contribution in [0, 0.1) is 0 Å². The number of carbonyl (C=O) groups is 1.